The maximum absolute atomic E-state index is 14.2. The smallest absolute Gasteiger partial charge is 0.133 e. The molecule has 1 aliphatic heterocycles. The molecule has 0 radical (unpaired) electrons. The first kappa shape index (κ1) is 12.2. The van der Waals surface area contributed by atoms with Gasteiger partial charge >= 0.3 is 0 Å². The highest BCUT2D eigenvalue weighted by Gasteiger charge is 2.18. The van der Waals surface area contributed by atoms with Gasteiger partial charge in [-0.15, -0.1) is 0 Å². The minimum absolute atomic E-state index is 0.171. The van der Waals surface area contributed by atoms with Gasteiger partial charge in [-0.1, -0.05) is 36.4 Å². The molecule has 98 valence electrons. The van der Waals surface area contributed by atoms with Crippen LogP contribution in [0.15, 0.2) is 48.5 Å². The monoisotopic (exact) mass is 257 g/mol. The van der Waals surface area contributed by atoms with Crippen molar-refractivity contribution in [3.8, 4) is 11.1 Å². The summed E-state index contributed by atoms with van der Waals surface area (Å²) in [7, 11) is 0. The standard InChI is InChI=1S/C16H16FNO/c17-14-7-4-8-15(18-9-11-19-12-10-18)16(14)13-5-2-1-3-6-13/h1-8H,9-12H2. The number of halogens is 1. The number of hydrogen-bond acceptors (Lipinski definition) is 2. The van der Waals surface area contributed by atoms with Crippen LogP contribution >= 0.6 is 0 Å². The maximum atomic E-state index is 14.2. The van der Waals surface area contributed by atoms with Crippen LogP contribution in [0.3, 0.4) is 0 Å². The van der Waals surface area contributed by atoms with E-state index in [9.17, 15) is 4.39 Å². The van der Waals surface area contributed by atoms with Crippen LogP contribution in [-0.2, 0) is 4.74 Å². The van der Waals surface area contributed by atoms with Crippen LogP contribution in [-0.4, -0.2) is 26.3 Å². The highest BCUT2D eigenvalue weighted by atomic mass is 19.1. The molecule has 0 N–H and O–H groups in total. The van der Waals surface area contributed by atoms with Gasteiger partial charge in [0.2, 0.25) is 0 Å². The SMILES string of the molecule is Fc1cccc(N2CCOCC2)c1-c1ccccc1. The van der Waals surface area contributed by atoms with Crippen LogP contribution in [0.25, 0.3) is 11.1 Å². The van der Waals surface area contributed by atoms with Crippen molar-refractivity contribution in [2.75, 3.05) is 31.2 Å². The minimum Gasteiger partial charge on any atom is -0.378 e. The van der Waals surface area contributed by atoms with E-state index in [0.717, 1.165) is 24.3 Å². The molecule has 0 atom stereocenters. The van der Waals surface area contributed by atoms with E-state index in [1.807, 2.05) is 36.4 Å². The molecule has 2 nitrogen and oxygen atoms in total. The van der Waals surface area contributed by atoms with Crippen LogP contribution in [0, 0.1) is 5.82 Å². The molecule has 1 heterocycles. The Kier molecular flexibility index (Phi) is 3.47. The predicted molar refractivity (Wildman–Crippen MR) is 74.9 cm³/mol. The zero-order valence-corrected chi connectivity index (χ0v) is 10.7. The van der Waals surface area contributed by atoms with E-state index < -0.39 is 0 Å². The van der Waals surface area contributed by atoms with Crippen LogP contribution in [0.4, 0.5) is 10.1 Å². The molecule has 3 heteroatoms. The molecule has 0 amide bonds. The van der Waals surface area contributed by atoms with Crippen molar-refractivity contribution < 1.29 is 9.13 Å². The fourth-order valence-corrected chi connectivity index (χ4v) is 2.47. The average Bonchev–Trinajstić information content (AvgIpc) is 2.49. The first-order chi connectivity index (χ1) is 9.36. The normalized spacial score (nSPS) is 15.5. The second kappa shape index (κ2) is 5.41. The third kappa shape index (κ3) is 2.47. The van der Waals surface area contributed by atoms with Gasteiger partial charge in [0.1, 0.15) is 5.82 Å². The van der Waals surface area contributed by atoms with Gasteiger partial charge in [0.05, 0.1) is 13.2 Å². The van der Waals surface area contributed by atoms with E-state index in [2.05, 4.69) is 4.90 Å². The first-order valence-corrected chi connectivity index (χ1v) is 6.53. The number of rotatable bonds is 2. The van der Waals surface area contributed by atoms with Gasteiger partial charge in [-0.25, -0.2) is 4.39 Å². The van der Waals surface area contributed by atoms with E-state index in [0.29, 0.717) is 18.8 Å². The molecule has 0 aliphatic carbocycles. The molecule has 0 spiro atoms. The zero-order chi connectivity index (χ0) is 13.1. The van der Waals surface area contributed by atoms with Gasteiger partial charge in [0.15, 0.2) is 0 Å². The molecule has 19 heavy (non-hydrogen) atoms. The van der Waals surface area contributed by atoms with Crippen molar-refractivity contribution >= 4 is 5.69 Å². The number of morpholine rings is 1. The number of benzene rings is 2. The van der Waals surface area contributed by atoms with Gasteiger partial charge in [-0.05, 0) is 17.7 Å². The van der Waals surface area contributed by atoms with Crippen LogP contribution in [0.2, 0.25) is 0 Å². The van der Waals surface area contributed by atoms with Crippen molar-refractivity contribution in [3.05, 3.63) is 54.3 Å². The number of nitrogens with zero attached hydrogens (tertiary/aromatic N) is 1. The second-order valence-corrected chi connectivity index (χ2v) is 4.60. The zero-order valence-electron chi connectivity index (χ0n) is 10.7. The van der Waals surface area contributed by atoms with Gasteiger partial charge < -0.3 is 9.64 Å². The van der Waals surface area contributed by atoms with Crippen LogP contribution in [0.1, 0.15) is 0 Å². The third-order valence-corrected chi connectivity index (χ3v) is 3.41. The average molecular weight is 257 g/mol. The molecule has 1 fully saturated rings. The van der Waals surface area contributed by atoms with Crippen LogP contribution in [0.5, 0.6) is 0 Å². The summed E-state index contributed by atoms with van der Waals surface area (Å²) in [4.78, 5) is 2.19. The maximum Gasteiger partial charge on any atom is 0.133 e. The Balaban J connectivity index is 2.07. The molecule has 0 saturated carbocycles. The lowest BCUT2D eigenvalue weighted by Gasteiger charge is -2.30. The number of ether oxygens (including phenoxy) is 1. The molecule has 0 unspecified atom stereocenters. The Morgan fingerprint density at radius 3 is 2.37 bits per heavy atom. The Bertz CT molecular complexity index is 550. The summed E-state index contributed by atoms with van der Waals surface area (Å²) in [5.74, 6) is -0.171. The third-order valence-electron chi connectivity index (χ3n) is 3.41. The molecular formula is C16H16FNO. The molecule has 1 saturated heterocycles. The lowest BCUT2D eigenvalue weighted by atomic mass is 10.0. The topological polar surface area (TPSA) is 12.5 Å². The summed E-state index contributed by atoms with van der Waals surface area (Å²) in [5, 5.41) is 0. The molecule has 0 bridgehead atoms. The van der Waals surface area contributed by atoms with Gasteiger partial charge in [0, 0.05) is 24.3 Å². The van der Waals surface area contributed by atoms with E-state index >= 15 is 0 Å². The molecule has 2 aromatic rings. The molecule has 1 aliphatic rings. The number of anilines is 1. The summed E-state index contributed by atoms with van der Waals surface area (Å²) in [6, 6.07) is 15.0. The highest BCUT2D eigenvalue weighted by Crippen LogP contribution is 2.33. The van der Waals surface area contributed by atoms with Gasteiger partial charge in [-0.2, -0.15) is 0 Å². The van der Waals surface area contributed by atoms with E-state index in [-0.39, 0.29) is 5.82 Å². The quantitative estimate of drug-likeness (QED) is 0.818. The van der Waals surface area contributed by atoms with Crippen molar-refractivity contribution in [3.63, 3.8) is 0 Å². The Morgan fingerprint density at radius 2 is 1.63 bits per heavy atom. The van der Waals surface area contributed by atoms with E-state index in [4.69, 9.17) is 4.74 Å². The Labute approximate surface area is 112 Å². The number of hydrogen-bond donors (Lipinski definition) is 0. The Hall–Kier alpha value is -1.87. The molecule has 0 aromatic heterocycles. The lowest BCUT2D eigenvalue weighted by Crippen LogP contribution is -2.36. The van der Waals surface area contributed by atoms with Gasteiger partial charge in [-0.3, -0.25) is 0 Å². The Morgan fingerprint density at radius 1 is 0.895 bits per heavy atom. The summed E-state index contributed by atoms with van der Waals surface area (Å²) in [6.45, 7) is 3.02. The molecule has 3 rings (SSSR count). The fraction of sp³-hybridized carbons (Fsp3) is 0.250. The summed E-state index contributed by atoms with van der Waals surface area (Å²) < 4.78 is 19.6. The summed E-state index contributed by atoms with van der Waals surface area (Å²) in [6.07, 6.45) is 0. The summed E-state index contributed by atoms with van der Waals surface area (Å²) in [5.41, 5.74) is 2.56. The molecule has 2 aromatic carbocycles. The van der Waals surface area contributed by atoms with Gasteiger partial charge in [0.25, 0.3) is 0 Å². The fourth-order valence-electron chi connectivity index (χ4n) is 2.47. The second-order valence-electron chi connectivity index (χ2n) is 4.60. The van der Waals surface area contributed by atoms with E-state index in [1.165, 1.54) is 6.07 Å². The molecular weight excluding hydrogens is 241 g/mol. The van der Waals surface area contributed by atoms with Crippen molar-refractivity contribution in [1.29, 1.82) is 0 Å². The van der Waals surface area contributed by atoms with Crippen molar-refractivity contribution in [2.24, 2.45) is 0 Å². The lowest BCUT2D eigenvalue weighted by molar-refractivity contribution is 0.122. The first-order valence-electron chi connectivity index (χ1n) is 6.53. The van der Waals surface area contributed by atoms with Crippen molar-refractivity contribution in [2.45, 2.75) is 0 Å². The highest BCUT2D eigenvalue weighted by molar-refractivity contribution is 5.79. The predicted octanol–water partition coefficient (Wildman–Crippen LogP) is 3.33. The van der Waals surface area contributed by atoms with E-state index in [1.54, 1.807) is 6.07 Å². The minimum atomic E-state index is -0.171. The van der Waals surface area contributed by atoms with Crippen LogP contribution < -0.4 is 4.90 Å². The van der Waals surface area contributed by atoms with Crippen molar-refractivity contribution in [1.82, 2.24) is 0 Å². The largest absolute Gasteiger partial charge is 0.378 e. The summed E-state index contributed by atoms with van der Waals surface area (Å²) >= 11 is 0.